The molecule has 16 nitrogen and oxygen atoms in total. The number of carbonyl (C=O) groups excluding carboxylic acids is 4. The molecular weight excluding hydrogens is 633 g/mol. The summed E-state index contributed by atoms with van der Waals surface area (Å²) in [6.45, 7) is 0.620. The third-order valence-electron chi connectivity index (χ3n) is 5.58. The number of rotatable bonds is 10. The van der Waals surface area contributed by atoms with Crippen LogP contribution in [0.15, 0.2) is 33.7 Å². The van der Waals surface area contributed by atoms with Crippen molar-refractivity contribution in [3.63, 3.8) is 0 Å². The summed E-state index contributed by atoms with van der Waals surface area (Å²) in [6, 6.07) is 0. The fourth-order valence-corrected chi connectivity index (χ4v) is 4.49. The Balaban J connectivity index is 0. The molecule has 4 N–H and O–H groups in total. The van der Waals surface area contributed by atoms with E-state index >= 15 is 0 Å². The Kier molecular flexibility index (Phi) is 17.2. The number of nitrogens with two attached hydrogens (primary N) is 2. The van der Waals surface area contributed by atoms with E-state index in [0.717, 1.165) is 18.2 Å². The summed E-state index contributed by atoms with van der Waals surface area (Å²) >= 11 is 0. The van der Waals surface area contributed by atoms with E-state index in [1.165, 1.54) is 13.8 Å². The van der Waals surface area contributed by atoms with Crippen LogP contribution in [0.4, 0.5) is 0 Å². The number of hydrogen-bond acceptors (Lipinski definition) is 12. The number of primary amides is 2. The molecule has 0 saturated carbocycles. The van der Waals surface area contributed by atoms with E-state index in [1.807, 2.05) is 0 Å². The van der Waals surface area contributed by atoms with Gasteiger partial charge in [0.1, 0.15) is 11.1 Å². The molecule has 0 atom stereocenters. The Bertz CT molecular complexity index is 1660. The van der Waals surface area contributed by atoms with E-state index < -0.39 is 91.0 Å². The van der Waals surface area contributed by atoms with E-state index in [0.29, 0.717) is 9.47 Å². The van der Waals surface area contributed by atoms with Crippen LogP contribution < -0.4 is 111 Å². The Labute approximate surface area is 306 Å². The molecule has 1 aromatic heterocycles. The molecule has 0 aliphatic carbocycles. The molecule has 1 aliphatic heterocycles. The van der Waals surface area contributed by atoms with Gasteiger partial charge in [0.05, 0.1) is 31.7 Å². The van der Waals surface area contributed by atoms with Gasteiger partial charge in [-0.2, -0.15) is 0 Å². The minimum atomic E-state index is -4.85. The molecule has 0 saturated heterocycles. The summed E-state index contributed by atoms with van der Waals surface area (Å²) in [6.07, 6.45) is 3.06. The first-order chi connectivity index (χ1) is 17.8. The summed E-state index contributed by atoms with van der Waals surface area (Å²) in [4.78, 5) is 62.1. The standard InChI is InChI=1S/C21H24N4O12S2.3Na/c1-10-12(18(28)24(6-8-38(32,33)34)20(30)14(10)16(22)26)4-3-5-13-11(2)15(17(23)27)21(31)25(19(13)29)7-9-39(35,36)37;;;/h3-5,28H,6-9H2,1-2H3,(H2,22,26)(H2,23,27)(H,32,33,34)(H,35,36,37);;;/q;3*+1/p-3/b4-3?,13-5-;;;. The fourth-order valence-electron chi connectivity index (χ4n) is 3.68. The maximum absolute atomic E-state index is 12.9. The molecule has 212 valence electrons. The molecule has 0 aromatic carbocycles. The van der Waals surface area contributed by atoms with E-state index in [4.69, 9.17) is 11.5 Å². The maximum Gasteiger partial charge on any atom is 1.00 e. The van der Waals surface area contributed by atoms with Crippen molar-refractivity contribution in [2.45, 2.75) is 20.4 Å². The first-order valence-corrected chi connectivity index (χ1v) is 13.8. The SMILES string of the molecule is CC1=C(C(N)=O)C(=O)N(CCS(=O)(=O)[O-])C(=O)/C1=C\C=Cc1c(C)c(C(N)=O)c(=O)n(CCS(=O)(=O)[O-])c1[O-].[Na+].[Na+].[Na+]. The van der Waals surface area contributed by atoms with Crippen LogP contribution in [0.3, 0.4) is 0 Å². The molecule has 0 unspecified atom stereocenters. The van der Waals surface area contributed by atoms with E-state index in [2.05, 4.69) is 0 Å². The van der Waals surface area contributed by atoms with Crippen molar-refractivity contribution in [3.05, 3.63) is 55.9 Å². The quantitative estimate of drug-likeness (QED) is 0.0782. The fraction of sp³-hybridized carbons (Fsp3) is 0.286. The third-order valence-corrected chi connectivity index (χ3v) is 6.94. The normalized spacial score (nSPS) is 14.9. The van der Waals surface area contributed by atoms with Gasteiger partial charge >= 0.3 is 88.7 Å². The van der Waals surface area contributed by atoms with Crippen molar-refractivity contribution in [2.75, 3.05) is 18.1 Å². The number of imide groups is 1. The van der Waals surface area contributed by atoms with Gasteiger partial charge in [0, 0.05) is 18.7 Å². The second-order valence-corrected chi connectivity index (χ2v) is 11.2. The zero-order valence-electron chi connectivity index (χ0n) is 23.3. The summed E-state index contributed by atoms with van der Waals surface area (Å²) in [7, 11) is -9.71. The van der Waals surface area contributed by atoms with Crippen LogP contribution in [0.2, 0.25) is 0 Å². The van der Waals surface area contributed by atoms with Crippen molar-refractivity contribution in [3.8, 4) is 5.88 Å². The van der Waals surface area contributed by atoms with Gasteiger partial charge in [-0.15, -0.1) is 0 Å². The monoisotopic (exact) mass is 654 g/mol. The van der Waals surface area contributed by atoms with Gasteiger partial charge in [0.2, 0.25) is 0 Å². The van der Waals surface area contributed by atoms with Crippen LogP contribution in [0, 0.1) is 6.92 Å². The van der Waals surface area contributed by atoms with E-state index in [1.54, 1.807) is 0 Å². The number of carbonyl (C=O) groups is 4. The van der Waals surface area contributed by atoms with Gasteiger partial charge in [-0.3, -0.25) is 28.9 Å². The minimum absolute atomic E-state index is 0. The third kappa shape index (κ3) is 10.5. The van der Waals surface area contributed by atoms with Crippen LogP contribution in [0.1, 0.15) is 28.4 Å². The number of hydrogen-bond donors (Lipinski definition) is 2. The molecule has 1 aromatic rings. The summed E-state index contributed by atoms with van der Waals surface area (Å²) < 4.78 is 66.3. The topological polar surface area (TPSA) is 283 Å². The molecule has 0 fully saturated rings. The van der Waals surface area contributed by atoms with Gasteiger partial charge in [-0.05, 0) is 42.5 Å². The molecule has 2 heterocycles. The van der Waals surface area contributed by atoms with Crippen molar-refractivity contribution < 1.29 is 139 Å². The first kappa shape index (κ1) is 43.0. The van der Waals surface area contributed by atoms with Crippen LogP contribution in [0.5, 0.6) is 5.88 Å². The van der Waals surface area contributed by atoms with Crippen molar-refractivity contribution in [1.29, 1.82) is 0 Å². The molecular formula is C21H21N4Na3O12S2. The molecule has 42 heavy (non-hydrogen) atoms. The smallest absolute Gasteiger partial charge is 0.860 e. The number of pyridine rings is 1. The van der Waals surface area contributed by atoms with Crippen LogP contribution >= 0.6 is 0 Å². The number of amides is 4. The predicted molar refractivity (Wildman–Crippen MR) is 128 cm³/mol. The second-order valence-electron chi connectivity index (χ2n) is 8.13. The summed E-state index contributed by atoms with van der Waals surface area (Å²) in [5.41, 5.74) is 6.80. The average molecular weight is 655 g/mol. The van der Waals surface area contributed by atoms with Crippen molar-refractivity contribution in [1.82, 2.24) is 9.47 Å². The van der Waals surface area contributed by atoms with Gasteiger partial charge in [0.15, 0.2) is 0 Å². The zero-order valence-corrected chi connectivity index (χ0v) is 31.0. The zero-order chi connectivity index (χ0) is 30.0. The summed E-state index contributed by atoms with van der Waals surface area (Å²) in [5.74, 6) is -8.21. The largest absolute Gasteiger partial charge is 1.00 e. The molecule has 21 heteroatoms. The van der Waals surface area contributed by atoms with Crippen LogP contribution in [0.25, 0.3) is 6.08 Å². The van der Waals surface area contributed by atoms with Gasteiger partial charge < -0.3 is 30.2 Å². The Morgan fingerprint density at radius 1 is 0.857 bits per heavy atom. The Morgan fingerprint density at radius 3 is 1.81 bits per heavy atom. The number of nitrogens with zero attached hydrogens (tertiary/aromatic N) is 2. The van der Waals surface area contributed by atoms with Crippen LogP contribution in [-0.4, -0.2) is 77.1 Å². The van der Waals surface area contributed by atoms with Crippen molar-refractivity contribution in [2.24, 2.45) is 11.5 Å². The Morgan fingerprint density at radius 2 is 1.36 bits per heavy atom. The van der Waals surface area contributed by atoms with E-state index in [9.17, 15) is 55.0 Å². The molecule has 2 rings (SSSR count). The molecule has 0 bridgehead atoms. The first-order valence-electron chi connectivity index (χ1n) is 10.7. The predicted octanol–water partition coefficient (Wildman–Crippen LogP) is -12.5. The van der Waals surface area contributed by atoms with Crippen molar-refractivity contribution >= 4 is 49.9 Å². The van der Waals surface area contributed by atoms with E-state index in [-0.39, 0.29) is 111 Å². The number of allylic oxidation sites excluding steroid dienone is 2. The van der Waals surface area contributed by atoms with Crippen LogP contribution in [-0.2, 0) is 41.2 Å². The number of aromatic nitrogens is 1. The minimum Gasteiger partial charge on any atom is -0.860 e. The summed E-state index contributed by atoms with van der Waals surface area (Å²) in [5, 5.41) is 12.9. The van der Waals surface area contributed by atoms with Gasteiger partial charge in [0.25, 0.3) is 29.2 Å². The molecule has 1 aliphatic rings. The maximum atomic E-state index is 12.9. The Hall–Kier alpha value is -1.13. The second kappa shape index (κ2) is 16.8. The molecule has 0 radical (unpaired) electrons. The average Bonchev–Trinajstić information content (AvgIpc) is 2.75. The van der Waals surface area contributed by atoms with Gasteiger partial charge in [-0.25, -0.2) is 16.8 Å². The van der Waals surface area contributed by atoms with Gasteiger partial charge in [-0.1, -0.05) is 12.2 Å². The molecule has 0 spiro atoms. The molecule has 4 amide bonds.